The molecule has 0 heterocycles. The maximum absolute atomic E-state index is 6.26. The second-order valence-electron chi connectivity index (χ2n) is 4.18. The Labute approximate surface area is 115 Å². The Hall–Kier alpha value is -0.0600. The van der Waals surface area contributed by atoms with Crippen LogP contribution in [0, 0.1) is 3.57 Å². The molecule has 0 aliphatic heterocycles. The Bertz CT molecular complexity index is 414. The molecule has 0 bridgehead atoms. The standard InChI is InChI=1S/C13H15ClIN/c14-11-8-10(6-7-12(11)15)13(16)9-4-2-1-3-5-9/h4,6-8,13H,1-3,5,16H2. The number of halogens is 2. The lowest BCUT2D eigenvalue weighted by molar-refractivity contribution is 0.648. The highest BCUT2D eigenvalue weighted by Gasteiger charge is 2.14. The molecule has 1 nitrogen and oxygen atoms in total. The number of hydrogen-bond acceptors (Lipinski definition) is 1. The lowest BCUT2D eigenvalue weighted by Gasteiger charge is -2.20. The molecular formula is C13H15ClIN. The monoisotopic (exact) mass is 347 g/mol. The van der Waals surface area contributed by atoms with Gasteiger partial charge in [-0.15, -0.1) is 0 Å². The normalized spacial score (nSPS) is 18.1. The zero-order valence-electron chi connectivity index (χ0n) is 9.05. The second-order valence-corrected chi connectivity index (χ2v) is 5.75. The number of nitrogens with two attached hydrogens (primary N) is 1. The van der Waals surface area contributed by atoms with Crippen molar-refractivity contribution in [3.8, 4) is 0 Å². The summed E-state index contributed by atoms with van der Waals surface area (Å²) in [5, 5.41) is 0.796. The zero-order valence-corrected chi connectivity index (χ0v) is 12.0. The molecule has 1 aliphatic carbocycles. The third-order valence-corrected chi connectivity index (χ3v) is 4.60. The van der Waals surface area contributed by atoms with Gasteiger partial charge in [-0.05, 0) is 66.0 Å². The van der Waals surface area contributed by atoms with Crippen LogP contribution in [0.2, 0.25) is 5.02 Å². The summed E-state index contributed by atoms with van der Waals surface area (Å²) in [5.74, 6) is 0. The van der Waals surface area contributed by atoms with Crippen LogP contribution in [0.4, 0.5) is 0 Å². The van der Waals surface area contributed by atoms with Gasteiger partial charge in [-0.1, -0.05) is 29.3 Å². The van der Waals surface area contributed by atoms with E-state index in [1.807, 2.05) is 12.1 Å². The Morgan fingerprint density at radius 3 is 2.75 bits per heavy atom. The van der Waals surface area contributed by atoms with Gasteiger partial charge in [0.2, 0.25) is 0 Å². The molecule has 86 valence electrons. The van der Waals surface area contributed by atoms with Crippen LogP contribution in [0.3, 0.4) is 0 Å². The molecule has 0 aromatic heterocycles. The van der Waals surface area contributed by atoms with Crippen LogP contribution >= 0.6 is 34.2 Å². The first-order valence-electron chi connectivity index (χ1n) is 5.58. The van der Waals surface area contributed by atoms with Crippen LogP contribution < -0.4 is 5.73 Å². The molecule has 0 spiro atoms. The van der Waals surface area contributed by atoms with Gasteiger partial charge in [-0.2, -0.15) is 0 Å². The van der Waals surface area contributed by atoms with Gasteiger partial charge in [-0.3, -0.25) is 0 Å². The van der Waals surface area contributed by atoms with E-state index in [2.05, 4.69) is 34.7 Å². The van der Waals surface area contributed by atoms with Gasteiger partial charge < -0.3 is 5.73 Å². The maximum atomic E-state index is 6.26. The lowest BCUT2D eigenvalue weighted by atomic mass is 9.90. The Balaban J connectivity index is 2.22. The first-order chi connectivity index (χ1) is 7.68. The predicted molar refractivity (Wildman–Crippen MR) is 77.6 cm³/mol. The highest BCUT2D eigenvalue weighted by atomic mass is 127. The molecule has 0 amide bonds. The van der Waals surface area contributed by atoms with Crippen molar-refractivity contribution < 1.29 is 0 Å². The minimum absolute atomic E-state index is 0.0230. The van der Waals surface area contributed by atoms with Crippen molar-refractivity contribution in [2.24, 2.45) is 5.73 Å². The van der Waals surface area contributed by atoms with E-state index in [-0.39, 0.29) is 6.04 Å². The van der Waals surface area contributed by atoms with Gasteiger partial charge in [0.25, 0.3) is 0 Å². The van der Waals surface area contributed by atoms with E-state index < -0.39 is 0 Å². The van der Waals surface area contributed by atoms with Gasteiger partial charge in [0.15, 0.2) is 0 Å². The van der Waals surface area contributed by atoms with Crippen molar-refractivity contribution in [2.75, 3.05) is 0 Å². The first-order valence-corrected chi connectivity index (χ1v) is 7.03. The summed E-state index contributed by atoms with van der Waals surface area (Å²) in [6.07, 6.45) is 7.15. The molecule has 2 N–H and O–H groups in total. The molecule has 0 fully saturated rings. The van der Waals surface area contributed by atoms with Crippen LogP contribution in [0.1, 0.15) is 37.3 Å². The number of benzene rings is 1. The molecule has 3 heteroatoms. The van der Waals surface area contributed by atoms with Crippen LogP contribution in [-0.2, 0) is 0 Å². The molecule has 0 saturated carbocycles. The molecule has 0 saturated heterocycles. The molecule has 1 aliphatic rings. The zero-order chi connectivity index (χ0) is 11.5. The average molecular weight is 348 g/mol. The largest absolute Gasteiger partial charge is 0.321 e. The van der Waals surface area contributed by atoms with Crippen LogP contribution in [0.25, 0.3) is 0 Å². The molecule has 1 aromatic rings. The molecule has 1 unspecified atom stereocenters. The topological polar surface area (TPSA) is 26.0 Å². The average Bonchev–Trinajstić information content (AvgIpc) is 2.33. The van der Waals surface area contributed by atoms with E-state index in [1.54, 1.807) is 0 Å². The Morgan fingerprint density at radius 2 is 2.12 bits per heavy atom. The van der Waals surface area contributed by atoms with Gasteiger partial charge in [0.1, 0.15) is 0 Å². The predicted octanol–water partition coefficient (Wildman–Crippen LogP) is 4.44. The van der Waals surface area contributed by atoms with Gasteiger partial charge in [0, 0.05) is 3.57 Å². The minimum Gasteiger partial charge on any atom is -0.321 e. The molecule has 1 atom stereocenters. The highest BCUT2D eigenvalue weighted by Crippen LogP contribution is 2.30. The fraction of sp³-hybridized carbons (Fsp3) is 0.385. The fourth-order valence-electron chi connectivity index (χ4n) is 2.07. The SMILES string of the molecule is NC(C1=CCCCC1)c1ccc(I)c(Cl)c1. The second kappa shape index (κ2) is 5.52. The van der Waals surface area contributed by atoms with E-state index in [1.165, 1.54) is 24.8 Å². The van der Waals surface area contributed by atoms with Crippen molar-refractivity contribution in [2.45, 2.75) is 31.7 Å². The van der Waals surface area contributed by atoms with E-state index >= 15 is 0 Å². The van der Waals surface area contributed by atoms with Crippen LogP contribution in [-0.4, -0.2) is 0 Å². The third kappa shape index (κ3) is 2.79. The van der Waals surface area contributed by atoms with Crippen molar-refractivity contribution in [3.63, 3.8) is 0 Å². The smallest absolute Gasteiger partial charge is 0.0542 e. The van der Waals surface area contributed by atoms with Crippen LogP contribution in [0.5, 0.6) is 0 Å². The molecule has 1 aromatic carbocycles. The summed E-state index contributed by atoms with van der Waals surface area (Å²) >= 11 is 8.35. The summed E-state index contributed by atoms with van der Waals surface area (Å²) in [7, 11) is 0. The summed E-state index contributed by atoms with van der Waals surface area (Å²) in [6.45, 7) is 0. The van der Waals surface area contributed by atoms with Crippen molar-refractivity contribution in [3.05, 3.63) is 44.0 Å². The van der Waals surface area contributed by atoms with Gasteiger partial charge in [0.05, 0.1) is 11.1 Å². The molecule has 2 rings (SSSR count). The third-order valence-electron chi connectivity index (χ3n) is 3.03. The van der Waals surface area contributed by atoms with E-state index in [0.29, 0.717) is 0 Å². The molecule has 0 radical (unpaired) electrons. The fourth-order valence-corrected chi connectivity index (χ4v) is 2.59. The Kier molecular flexibility index (Phi) is 4.27. The van der Waals surface area contributed by atoms with Gasteiger partial charge >= 0.3 is 0 Å². The lowest BCUT2D eigenvalue weighted by Crippen LogP contribution is -2.14. The van der Waals surface area contributed by atoms with Crippen molar-refractivity contribution in [1.29, 1.82) is 0 Å². The number of hydrogen-bond donors (Lipinski definition) is 1. The minimum atomic E-state index is 0.0230. The number of allylic oxidation sites excluding steroid dienone is 1. The van der Waals surface area contributed by atoms with Crippen LogP contribution in [0.15, 0.2) is 29.8 Å². The summed E-state index contributed by atoms with van der Waals surface area (Å²) < 4.78 is 1.08. The van der Waals surface area contributed by atoms with Crippen molar-refractivity contribution >= 4 is 34.2 Å². The van der Waals surface area contributed by atoms with Gasteiger partial charge in [-0.25, -0.2) is 0 Å². The van der Waals surface area contributed by atoms with E-state index in [4.69, 9.17) is 17.3 Å². The Morgan fingerprint density at radius 1 is 1.31 bits per heavy atom. The quantitative estimate of drug-likeness (QED) is 0.621. The highest BCUT2D eigenvalue weighted by molar-refractivity contribution is 14.1. The van der Waals surface area contributed by atoms with E-state index in [9.17, 15) is 0 Å². The molecule has 16 heavy (non-hydrogen) atoms. The molecular weight excluding hydrogens is 333 g/mol. The number of rotatable bonds is 2. The summed E-state index contributed by atoms with van der Waals surface area (Å²) in [4.78, 5) is 0. The summed E-state index contributed by atoms with van der Waals surface area (Å²) in [5.41, 5.74) is 8.75. The summed E-state index contributed by atoms with van der Waals surface area (Å²) in [6, 6.07) is 6.12. The first kappa shape index (κ1) is 12.4. The maximum Gasteiger partial charge on any atom is 0.0542 e. The van der Waals surface area contributed by atoms with Crippen molar-refractivity contribution in [1.82, 2.24) is 0 Å². The van der Waals surface area contributed by atoms with E-state index in [0.717, 1.165) is 20.6 Å².